The molecule has 4 aliphatic carbocycles. The van der Waals surface area contributed by atoms with Crippen LogP contribution in [0.1, 0.15) is 62.6 Å². The van der Waals surface area contributed by atoms with Gasteiger partial charge in [-0.1, -0.05) is 26.0 Å². The van der Waals surface area contributed by atoms with Crippen LogP contribution in [0.4, 0.5) is 0 Å². The lowest BCUT2D eigenvalue weighted by Crippen LogP contribution is -2.82. The second kappa shape index (κ2) is 4.74. The summed E-state index contributed by atoms with van der Waals surface area (Å²) in [7, 11) is 4.32. The summed E-state index contributed by atoms with van der Waals surface area (Å²) in [4.78, 5) is 2.68. The minimum atomic E-state index is -0.163. The Morgan fingerprint density at radius 2 is 2.07 bits per heavy atom. The number of hydrogen-bond acceptors (Lipinski definition) is 3. The lowest BCUT2D eigenvalue weighted by Gasteiger charge is -2.76. The van der Waals surface area contributed by atoms with Crippen LogP contribution in [0.15, 0.2) is 12.1 Å². The van der Waals surface area contributed by atoms with Crippen LogP contribution in [-0.4, -0.2) is 43.3 Å². The van der Waals surface area contributed by atoms with Crippen molar-refractivity contribution in [2.75, 3.05) is 20.7 Å². The molecule has 3 heteroatoms. The minimum Gasteiger partial charge on any atom is -0.486 e. The Bertz CT molecular complexity index is 851. The maximum absolute atomic E-state index is 7.02. The number of ether oxygens (including phenoxy) is 2. The lowest BCUT2D eigenvalue weighted by atomic mass is 9.32. The smallest absolute Gasteiger partial charge is 0.138 e. The first-order valence-corrected chi connectivity index (χ1v) is 10.9. The van der Waals surface area contributed by atoms with Crippen LogP contribution in [0.3, 0.4) is 0 Å². The molecule has 1 aromatic carbocycles. The van der Waals surface area contributed by atoms with E-state index in [-0.39, 0.29) is 22.5 Å². The molecule has 2 aliphatic heterocycles. The van der Waals surface area contributed by atoms with Gasteiger partial charge < -0.3 is 14.4 Å². The van der Waals surface area contributed by atoms with Gasteiger partial charge in [0, 0.05) is 35.0 Å². The molecule has 4 bridgehead atoms. The molecule has 0 aromatic heterocycles. The Morgan fingerprint density at radius 1 is 1.26 bits per heavy atom. The number of likely N-dealkylation sites (tertiary alicyclic amines) is 1. The number of methoxy groups -OCH3 is 1. The van der Waals surface area contributed by atoms with Gasteiger partial charge in [-0.2, -0.15) is 0 Å². The predicted octanol–water partition coefficient (Wildman–Crippen LogP) is 4.24. The van der Waals surface area contributed by atoms with Gasteiger partial charge in [-0.05, 0) is 70.2 Å². The molecule has 4 fully saturated rings. The van der Waals surface area contributed by atoms with Crippen molar-refractivity contribution in [3.05, 3.63) is 28.8 Å². The van der Waals surface area contributed by atoms with E-state index in [2.05, 4.69) is 44.9 Å². The second-order valence-corrected chi connectivity index (χ2v) is 10.5. The molecule has 146 valence electrons. The predicted molar refractivity (Wildman–Crippen MR) is 106 cm³/mol. The SMILES string of the molecule is CC[C@@]1(C)C[C@@]23CC[C@]1(OC)C1Oc4c(C)ccc5c4[C@@]12CCN(C)[C@@H]3C5. The third-order valence-corrected chi connectivity index (χ3v) is 10.1. The van der Waals surface area contributed by atoms with Gasteiger partial charge in [0.25, 0.3) is 0 Å². The van der Waals surface area contributed by atoms with E-state index in [0.717, 1.165) is 12.8 Å². The molecule has 2 spiro atoms. The van der Waals surface area contributed by atoms with Crippen LogP contribution in [-0.2, 0) is 16.6 Å². The summed E-state index contributed by atoms with van der Waals surface area (Å²) in [6, 6.07) is 5.33. The Hall–Kier alpha value is -1.06. The van der Waals surface area contributed by atoms with Crippen LogP contribution >= 0.6 is 0 Å². The molecule has 1 saturated heterocycles. The largest absolute Gasteiger partial charge is 0.486 e. The molecule has 7 rings (SSSR count). The summed E-state index contributed by atoms with van der Waals surface area (Å²) < 4.78 is 13.6. The first kappa shape index (κ1) is 16.9. The van der Waals surface area contributed by atoms with Gasteiger partial charge in [-0.3, -0.25) is 0 Å². The Labute approximate surface area is 163 Å². The molecule has 0 amide bonds. The van der Waals surface area contributed by atoms with Gasteiger partial charge in [0.15, 0.2) is 0 Å². The van der Waals surface area contributed by atoms with Crippen molar-refractivity contribution in [2.24, 2.45) is 10.8 Å². The first-order chi connectivity index (χ1) is 12.9. The van der Waals surface area contributed by atoms with Crippen molar-refractivity contribution < 1.29 is 9.47 Å². The van der Waals surface area contributed by atoms with Crippen molar-refractivity contribution in [2.45, 2.75) is 82.5 Å². The van der Waals surface area contributed by atoms with E-state index in [0.29, 0.717) is 11.5 Å². The number of nitrogens with zero attached hydrogens (tertiary/aromatic N) is 1. The van der Waals surface area contributed by atoms with Gasteiger partial charge in [-0.25, -0.2) is 0 Å². The summed E-state index contributed by atoms with van der Waals surface area (Å²) in [5.74, 6) is 1.22. The van der Waals surface area contributed by atoms with Crippen molar-refractivity contribution >= 4 is 0 Å². The van der Waals surface area contributed by atoms with Crippen molar-refractivity contribution in [1.29, 1.82) is 0 Å². The Morgan fingerprint density at radius 3 is 2.81 bits per heavy atom. The van der Waals surface area contributed by atoms with Crippen molar-refractivity contribution in [3.8, 4) is 5.75 Å². The fraction of sp³-hybridized carbons (Fsp3) is 0.750. The standard InChI is InChI=1S/C24H33NO2/c1-6-21(3)14-22-9-10-24(21,26-5)20-23(22)11-12-25(4)17(22)13-16-8-7-15(2)19(27-20)18(16)23/h7-8,17,20H,6,9-14H2,1-5H3/t17-,20?,21+,22-,23+,24+/m1/s1. The topological polar surface area (TPSA) is 21.7 Å². The number of fused-ring (bicyclic) bond motifs is 2. The van der Waals surface area contributed by atoms with E-state index < -0.39 is 0 Å². The van der Waals surface area contributed by atoms with Gasteiger partial charge in [-0.15, -0.1) is 0 Å². The zero-order valence-corrected chi connectivity index (χ0v) is 17.5. The van der Waals surface area contributed by atoms with Crippen LogP contribution < -0.4 is 4.74 Å². The molecule has 27 heavy (non-hydrogen) atoms. The maximum atomic E-state index is 7.02. The van der Waals surface area contributed by atoms with E-state index in [1.807, 2.05) is 7.11 Å². The van der Waals surface area contributed by atoms with Gasteiger partial charge in [0.1, 0.15) is 17.5 Å². The summed E-state index contributed by atoms with van der Waals surface area (Å²) >= 11 is 0. The van der Waals surface area contributed by atoms with E-state index in [1.54, 1.807) is 11.1 Å². The Balaban J connectivity index is 1.72. The molecule has 2 heterocycles. The van der Waals surface area contributed by atoms with Gasteiger partial charge in [0.2, 0.25) is 0 Å². The number of rotatable bonds is 2. The van der Waals surface area contributed by atoms with Crippen molar-refractivity contribution in [3.63, 3.8) is 0 Å². The zero-order valence-electron chi connectivity index (χ0n) is 17.5. The molecule has 6 atom stereocenters. The fourth-order valence-electron chi connectivity index (χ4n) is 8.82. The van der Waals surface area contributed by atoms with E-state index in [1.165, 1.54) is 43.5 Å². The molecule has 3 nitrogen and oxygen atoms in total. The highest BCUT2D eigenvalue weighted by Gasteiger charge is 2.82. The fourth-order valence-corrected chi connectivity index (χ4v) is 8.82. The third-order valence-electron chi connectivity index (χ3n) is 10.1. The zero-order chi connectivity index (χ0) is 18.8. The second-order valence-electron chi connectivity index (χ2n) is 10.5. The van der Waals surface area contributed by atoms with Crippen LogP contribution in [0, 0.1) is 17.8 Å². The van der Waals surface area contributed by atoms with Crippen LogP contribution in [0.25, 0.3) is 0 Å². The Kier molecular flexibility index (Phi) is 2.96. The molecule has 3 saturated carbocycles. The van der Waals surface area contributed by atoms with Crippen molar-refractivity contribution in [1.82, 2.24) is 4.90 Å². The average Bonchev–Trinajstić information content (AvgIpc) is 3.03. The average molecular weight is 368 g/mol. The molecule has 6 aliphatic rings. The van der Waals surface area contributed by atoms with E-state index in [9.17, 15) is 0 Å². The monoisotopic (exact) mass is 367 g/mol. The number of piperidine rings is 1. The molecule has 1 aromatic rings. The quantitative estimate of drug-likeness (QED) is 0.780. The molecule has 0 N–H and O–H groups in total. The molecule has 0 radical (unpaired) electrons. The summed E-state index contributed by atoms with van der Waals surface area (Å²) in [5.41, 5.74) is 4.97. The number of likely N-dealkylation sites (N-methyl/N-ethyl adjacent to an activating group) is 1. The highest BCUT2D eigenvalue weighted by Crippen LogP contribution is 2.78. The summed E-state index contributed by atoms with van der Waals surface area (Å²) in [6.45, 7) is 8.28. The molecule has 1 unspecified atom stereocenters. The normalized spacial score (nSPS) is 49.1. The summed E-state index contributed by atoms with van der Waals surface area (Å²) in [5, 5.41) is 0. The van der Waals surface area contributed by atoms with Gasteiger partial charge in [0.05, 0.1) is 0 Å². The summed E-state index contributed by atoms with van der Waals surface area (Å²) in [6.07, 6.45) is 7.47. The maximum Gasteiger partial charge on any atom is 0.138 e. The van der Waals surface area contributed by atoms with Crippen LogP contribution in [0.5, 0.6) is 5.75 Å². The van der Waals surface area contributed by atoms with E-state index in [4.69, 9.17) is 9.47 Å². The first-order valence-electron chi connectivity index (χ1n) is 10.9. The van der Waals surface area contributed by atoms with Crippen LogP contribution in [0.2, 0.25) is 0 Å². The highest BCUT2D eigenvalue weighted by atomic mass is 16.6. The minimum absolute atomic E-state index is 0.155. The van der Waals surface area contributed by atoms with Gasteiger partial charge >= 0.3 is 0 Å². The number of benzene rings is 1. The number of aryl methyl sites for hydroxylation is 1. The highest BCUT2D eigenvalue weighted by molar-refractivity contribution is 5.61. The third kappa shape index (κ3) is 1.46. The molecular weight excluding hydrogens is 334 g/mol. The number of hydrogen-bond donors (Lipinski definition) is 0. The van der Waals surface area contributed by atoms with E-state index >= 15 is 0 Å². The lowest BCUT2D eigenvalue weighted by molar-refractivity contribution is -0.305. The molecular formula is C24H33NO2.